The highest BCUT2D eigenvalue weighted by atomic mass is 32.2. The molecule has 2 aliphatic heterocycles. The van der Waals surface area contributed by atoms with Crippen molar-refractivity contribution >= 4 is 38.2 Å². The van der Waals surface area contributed by atoms with E-state index in [1.165, 1.54) is 52.1 Å². The van der Waals surface area contributed by atoms with E-state index in [0.717, 1.165) is 10.4 Å². The van der Waals surface area contributed by atoms with Gasteiger partial charge < -0.3 is 20.3 Å². The number of amides is 2. The molecule has 1 fully saturated rings. The van der Waals surface area contributed by atoms with Gasteiger partial charge in [0.25, 0.3) is 11.8 Å². The maximum Gasteiger partial charge on any atom is 0.257 e. The van der Waals surface area contributed by atoms with E-state index >= 15 is 0 Å². The van der Waals surface area contributed by atoms with Crippen LogP contribution in [0.4, 0.5) is 5.00 Å². The Balaban J connectivity index is 1.67. The Morgan fingerprint density at radius 3 is 2.27 bits per heavy atom. The summed E-state index contributed by atoms with van der Waals surface area (Å²) in [5.74, 6) is -0.534. The lowest BCUT2D eigenvalue weighted by molar-refractivity contribution is 0.0302. The van der Waals surface area contributed by atoms with Crippen molar-refractivity contribution in [2.45, 2.75) is 50.1 Å². The summed E-state index contributed by atoms with van der Waals surface area (Å²) in [5, 5.41) is 7.14. The first-order valence-corrected chi connectivity index (χ1v) is 15.5. The standard InChI is InChI=1S/C29H38N4O5S2/c1-7-13-33(14-8-2)40(36,37)21-11-9-20(10-12-21)25(34)30-26-23(27(35)32-15-17-38-18-16-32)22-19-28(3,4)31-29(5,6)24(22)39-26/h7-12,31H,1-2,13-19H2,3-6H3,(H,30,34). The molecule has 2 amide bonds. The summed E-state index contributed by atoms with van der Waals surface area (Å²) in [7, 11) is -3.79. The minimum atomic E-state index is -3.79. The number of nitrogens with one attached hydrogen (secondary N) is 2. The van der Waals surface area contributed by atoms with Crippen LogP contribution >= 0.6 is 11.3 Å². The molecule has 3 heterocycles. The quantitative estimate of drug-likeness (QED) is 0.430. The second-order valence-corrected chi connectivity index (χ2v) is 14.2. The molecule has 2 N–H and O–H groups in total. The lowest BCUT2D eigenvalue weighted by Gasteiger charge is -2.42. The van der Waals surface area contributed by atoms with E-state index in [1.54, 1.807) is 4.90 Å². The van der Waals surface area contributed by atoms with Crippen molar-refractivity contribution in [3.63, 3.8) is 0 Å². The average molecular weight is 587 g/mol. The molecule has 0 saturated carbocycles. The molecule has 11 heteroatoms. The molecular weight excluding hydrogens is 548 g/mol. The number of hydrogen-bond donors (Lipinski definition) is 2. The SMILES string of the molecule is C=CCN(CC=C)S(=O)(=O)c1ccc(C(=O)Nc2sc3c(c2C(=O)N2CCOCC2)CC(C)(C)NC3(C)C)cc1. The van der Waals surface area contributed by atoms with Crippen molar-refractivity contribution < 1.29 is 22.7 Å². The van der Waals surface area contributed by atoms with Crippen LogP contribution in [0.2, 0.25) is 0 Å². The van der Waals surface area contributed by atoms with Gasteiger partial charge in [-0.05, 0) is 63.9 Å². The molecule has 0 aliphatic carbocycles. The largest absolute Gasteiger partial charge is 0.378 e. The molecule has 2 aliphatic rings. The molecule has 40 heavy (non-hydrogen) atoms. The van der Waals surface area contributed by atoms with E-state index in [2.05, 4.69) is 51.5 Å². The van der Waals surface area contributed by atoms with Gasteiger partial charge in [-0.1, -0.05) is 12.2 Å². The van der Waals surface area contributed by atoms with Gasteiger partial charge in [-0.3, -0.25) is 9.59 Å². The fourth-order valence-corrected chi connectivity index (χ4v) is 8.07. The smallest absolute Gasteiger partial charge is 0.257 e. The van der Waals surface area contributed by atoms with Crippen LogP contribution in [0.5, 0.6) is 0 Å². The predicted molar refractivity (Wildman–Crippen MR) is 159 cm³/mol. The van der Waals surface area contributed by atoms with E-state index in [9.17, 15) is 18.0 Å². The summed E-state index contributed by atoms with van der Waals surface area (Å²) in [4.78, 5) is 30.1. The molecule has 2 aromatic rings. The fraction of sp³-hybridized carbons (Fsp3) is 0.448. The van der Waals surface area contributed by atoms with Gasteiger partial charge >= 0.3 is 0 Å². The van der Waals surface area contributed by atoms with E-state index in [4.69, 9.17) is 4.74 Å². The van der Waals surface area contributed by atoms with Crippen LogP contribution in [0, 0.1) is 0 Å². The Bertz CT molecular complexity index is 1390. The van der Waals surface area contributed by atoms with Gasteiger partial charge in [-0.2, -0.15) is 4.31 Å². The number of carbonyl (C=O) groups is 2. The molecule has 9 nitrogen and oxygen atoms in total. The van der Waals surface area contributed by atoms with Crippen LogP contribution < -0.4 is 10.6 Å². The minimum Gasteiger partial charge on any atom is -0.378 e. The molecule has 1 saturated heterocycles. The number of benzene rings is 1. The maximum atomic E-state index is 13.8. The normalized spacial score (nSPS) is 18.2. The van der Waals surface area contributed by atoms with Crippen molar-refractivity contribution in [1.29, 1.82) is 0 Å². The number of fused-ring (bicyclic) bond motifs is 1. The Labute approximate surface area is 240 Å². The molecule has 0 spiro atoms. The lowest BCUT2D eigenvalue weighted by atomic mass is 9.81. The number of anilines is 1. The van der Waals surface area contributed by atoms with Crippen molar-refractivity contribution in [1.82, 2.24) is 14.5 Å². The van der Waals surface area contributed by atoms with Gasteiger partial charge in [-0.25, -0.2) is 8.42 Å². The van der Waals surface area contributed by atoms with E-state index in [1.807, 2.05) is 0 Å². The summed E-state index contributed by atoms with van der Waals surface area (Å²) in [6.45, 7) is 17.9. The highest BCUT2D eigenvalue weighted by Crippen LogP contribution is 2.45. The van der Waals surface area contributed by atoms with Crippen LogP contribution in [0.3, 0.4) is 0 Å². The summed E-state index contributed by atoms with van der Waals surface area (Å²) in [6.07, 6.45) is 3.66. The average Bonchev–Trinajstić information content (AvgIpc) is 3.25. The van der Waals surface area contributed by atoms with Gasteiger partial charge in [0, 0.05) is 47.7 Å². The Morgan fingerprint density at radius 2 is 1.70 bits per heavy atom. The summed E-state index contributed by atoms with van der Waals surface area (Å²) < 4.78 is 32.8. The first-order chi connectivity index (χ1) is 18.8. The Hall–Kier alpha value is -2.83. The molecule has 1 aromatic heterocycles. The minimum absolute atomic E-state index is 0.0672. The predicted octanol–water partition coefficient (Wildman–Crippen LogP) is 3.99. The molecule has 216 valence electrons. The lowest BCUT2D eigenvalue weighted by Crippen LogP contribution is -2.55. The number of thiophene rings is 1. The number of ether oxygens (including phenoxy) is 1. The van der Waals surface area contributed by atoms with E-state index < -0.39 is 21.5 Å². The van der Waals surface area contributed by atoms with Crippen LogP contribution in [0.15, 0.2) is 54.5 Å². The van der Waals surface area contributed by atoms with Crippen molar-refractivity contribution in [2.24, 2.45) is 0 Å². The number of hydrogen-bond acceptors (Lipinski definition) is 7. The molecular formula is C29H38N4O5S2. The van der Waals surface area contributed by atoms with Crippen LogP contribution in [-0.2, 0) is 26.7 Å². The van der Waals surface area contributed by atoms with Gasteiger partial charge in [0.1, 0.15) is 5.00 Å². The third kappa shape index (κ3) is 6.08. The molecule has 0 unspecified atom stereocenters. The molecule has 4 rings (SSSR count). The zero-order valence-electron chi connectivity index (χ0n) is 23.6. The molecule has 0 atom stereocenters. The van der Waals surface area contributed by atoms with Gasteiger partial charge in [0.2, 0.25) is 10.0 Å². The van der Waals surface area contributed by atoms with Gasteiger partial charge in [0.15, 0.2) is 0 Å². The third-order valence-corrected chi connectivity index (χ3v) is 10.3. The third-order valence-electron chi connectivity index (χ3n) is 7.00. The molecule has 0 radical (unpaired) electrons. The van der Waals surface area contributed by atoms with Crippen molar-refractivity contribution in [3.8, 4) is 0 Å². The number of rotatable bonds is 9. The number of sulfonamides is 1. The van der Waals surface area contributed by atoms with Crippen molar-refractivity contribution in [2.75, 3.05) is 44.7 Å². The summed E-state index contributed by atoms with van der Waals surface area (Å²) in [5.41, 5.74) is 1.12. The monoisotopic (exact) mass is 586 g/mol. The highest BCUT2D eigenvalue weighted by molar-refractivity contribution is 7.89. The van der Waals surface area contributed by atoms with Gasteiger partial charge in [0.05, 0.1) is 23.7 Å². The Kier molecular flexibility index (Phi) is 8.72. The first kappa shape index (κ1) is 30.1. The number of nitrogens with zero attached hydrogens (tertiary/aromatic N) is 2. The van der Waals surface area contributed by atoms with E-state index in [0.29, 0.717) is 43.3 Å². The first-order valence-electron chi connectivity index (χ1n) is 13.3. The highest BCUT2D eigenvalue weighted by Gasteiger charge is 2.42. The maximum absolute atomic E-state index is 13.8. The fourth-order valence-electron chi connectivity index (χ4n) is 5.43. The zero-order valence-corrected chi connectivity index (χ0v) is 25.2. The Morgan fingerprint density at radius 1 is 1.10 bits per heavy atom. The summed E-state index contributed by atoms with van der Waals surface area (Å²) >= 11 is 1.41. The topological polar surface area (TPSA) is 108 Å². The summed E-state index contributed by atoms with van der Waals surface area (Å²) in [6, 6.07) is 5.79. The molecule has 0 bridgehead atoms. The van der Waals surface area contributed by atoms with Crippen molar-refractivity contribution in [3.05, 3.63) is 71.1 Å². The number of carbonyl (C=O) groups excluding carboxylic acids is 2. The number of morpholine rings is 1. The van der Waals surface area contributed by atoms with Crippen LogP contribution in [-0.4, -0.2) is 74.4 Å². The molecule has 1 aromatic carbocycles. The van der Waals surface area contributed by atoms with E-state index in [-0.39, 0.29) is 35.0 Å². The second-order valence-electron chi connectivity index (χ2n) is 11.2. The second kappa shape index (κ2) is 11.6. The van der Waals surface area contributed by atoms with Gasteiger partial charge in [-0.15, -0.1) is 24.5 Å². The zero-order chi connectivity index (χ0) is 29.3. The van der Waals surface area contributed by atoms with Crippen LogP contribution in [0.25, 0.3) is 0 Å². The van der Waals surface area contributed by atoms with Crippen LogP contribution in [0.1, 0.15) is 58.9 Å².